The molecule has 3 heterocycles. The van der Waals surface area contributed by atoms with Crippen LogP contribution < -0.4 is 9.47 Å². The van der Waals surface area contributed by atoms with E-state index >= 15 is 0 Å². The van der Waals surface area contributed by atoms with E-state index in [0.29, 0.717) is 24.9 Å². The Morgan fingerprint density at radius 3 is 2.67 bits per heavy atom. The fraction of sp³-hybridized carbons (Fsp3) is 0.519. The predicted molar refractivity (Wildman–Crippen MR) is 144 cm³/mol. The van der Waals surface area contributed by atoms with E-state index < -0.39 is 14.2 Å². The van der Waals surface area contributed by atoms with E-state index in [9.17, 15) is 4.39 Å². The summed E-state index contributed by atoms with van der Waals surface area (Å²) in [5, 5.41) is 0.923. The average Bonchev–Trinajstić information content (AvgIpc) is 3.55. The number of methoxy groups -OCH3 is 1. The lowest BCUT2D eigenvalue weighted by atomic mass is 10.1. The lowest BCUT2D eigenvalue weighted by Gasteiger charge is -2.16. The molecular formula is C27H38FN4O3Si. The Bertz CT molecular complexity index is 1170. The molecule has 36 heavy (non-hydrogen) atoms. The van der Waals surface area contributed by atoms with Crippen LogP contribution in [0.5, 0.6) is 11.6 Å². The van der Waals surface area contributed by atoms with Crippen molar-refractivity contribution >= 4 is 19.1 Å². The average molecular weight is 514 g/mol. The summed E-state index contributed by atoms with van der Waals surface area (Å²) in [6.07, 6.45) is 5.15. The summed E-state index contributed by atoms with van der Waals surface area (Å²) in [7, 11) is 4.05. The van der Waals surface area contributed by atoms with Crippen LogP contribution in [0.25, 0.3) is 22.2 Å². The van der Waals surface area contributed by atoms with Crippen molar-refractivity contribution in [3.05, 3.63) is 42.8 Å². The second-order valence-corrected chi connectivity index (χ2v) is 16.5. The van der Waals surface area contributed by atoms with Crippen LogP contribution in [0.4, 0.5) is 4.39 Å². The molecule has 4 rings (SSSR count). The number of halogens is 1. The second kappa shape index (κ2) is 11.3. The molecule has 7 nitrogen and oxygen atoms in total. The fourth-order valence-corrected chi connectivity index (χ4v) is 4.78. The van der Waals surface area contributed by atoms with Crippen molar-refractivity contribution in [3.63, 3.8) is 0 Å². The van der Waals surface area contributed by atoms with Gasteiger partial charge in [0.05, 0.1) is 25.3 Å². The van der Waals surface area contributed by atoms with E-state index in [-0.39, 0.29) is 12.5 Å². The molecule has 0 saturated heterocycles. The summed E-state index contributed by atoms with van der Waals surface area (Å²) in [5.41, 5.74) is 3.15. The van der Waals surface area contributed by atoms with Gasteiger partial charge >= 0.3 is 0 Å². The van der Waals surface area contributed by atoms with Crippen LogP contribution in [0, 0.1) is 6.54 Å². The van der Waals surface area contributed by atoms with Gasteiger partial charge in [0.1, 0.15) is 24.3 Å². The van der Waals surface area contributed by atoms with Gasteiger partial charge in [0.15, 0.2) is 0 Å². The van der Waals surface area contributed by atoms with E-state index in [4.69, 9.17) is 19.2 Å². The smallest absolute Gasteiger partial charge is 0.224 e. The first-order valence-electron chi connectivity index (χ1n) is 12.6. The lowest BCUT2D eigenvalue weighted by Crippen LogP contribution is -2.22. The number of alkyl halides is 1. The van der Waals surface area contributed by atoms with Gasteiger partial charge in [-0.15, -0.1) is 0 Å². The summed E-state index contributed by atoms with van der Waals surface area (Å²) >= 11 is 0. The van der Waals surface area contributed by atoms with Crippen molar-refractivity contribution in [2.45, 2.75) is 64.0 Å². The molecule has 1 radical (unpaired) electrons. The first-order valence-corrected chi connectivity index (χ1v) is 16.3. The Balaban J connectivity index is 1.72. The van der Waals surface area contributed by atoms with Gasteiger partial charge in [-0.3, -0.25) is 0 Å². The van der Waals surface area contributed by atoms with Gasteiger partial charge in [0.25, 0.3) is 0 Å². The van der Waals surface area contributed by atoms with Gasteiger partial charge in [0.2, 0.25) is 5.88 Å². The SMILES string of the molecule is COc1nccc(OC2CC2)c1-c1cn(COCC[Si](C)(C)C)c2nc(CC(F)[CH]N(C)C)ccc12. The normalized spacial score (nSPS) is 15.0. The minimum Gasteiger partial charge on any atom is -0.490 e. The number of rotatable bonds is 13. The monoisotopic (exact) mass is 513 g/mol. The van der Waals surface area contributed by atoms with Crippen LogP contribution in [0.1, 0.15) is 18.5 Å². The zero-order valence-electron chi connectivity index (χ0n) is 22.3. The van der Waals surface area contributed by atoms with Crippen molar-refractivity contribution in [3.8, 4) is 22.8 Å². The van der Waals surface area contributed by atoms with Gasteiger partial charge in [-0.05, 0) is 51.2 Å². The lowest BCUT2D eigenvalue weighted by molar-refractivity contribution is 0.0899. The molecule has 9 heteroatoms. The molecule has 1 aliphatic rings. The molecule has 0 aromatic carbocycles. The minimum absolute atomic E-state index is 0.206. The molecule has 1 atom stereocenters. The number of ether oxygens (including phenoxy) is 3. The number of aromatic nitrogens is 3. The second-order valence-electron chi connectivity index (χ2n) is 10.9. The van der Waals surface area contributed by atoms with Gasteiger partial charge in [-0.2, -0.15) is 0 Å². The summed E-state index contributed by atoms with van der Waals surface area (Å²) in [5.74, 6) is 1.25. The Morgan fingerprint density at radius 2 is 2.00 bits per heavy atom. The van der Waals surface area contributed by atoms with Gasteiger partial charge in [-0.25, -0.2) is 14.4 Å². The maximum absolute atomic E-state index is 14.5. The molecule has 1 aliphatic carbocycles. The van der Waals surface area contributed by atoms with Crippen LogP contribution in [-0.2, 0) is 17.9 Å². The highest BCUT2D eigenvalue weighted by Crippen LogP contribution is 2.43. The minimum atomic E-state index is -1.21. The number of nitrogens with zero attached hydrogens (tertiary/aromatic N) is 4. The summed E-state index contributed by atoms with van der Waals surface area (Å²) < 4.78 is 34.5. The molecule has 1 unspecified atom stereocenters. The molecule has 1 saturated carbocycles. The first-order chi connectivity index (χ1) is 17.1. The Kier molecular flexibility index (Phi) is 8.32. The largest absolute Gasteiger partial charge is 0.490 e. The maximum atomic E-state index is 14.5. The van der Waals surface area contributed by atoms with Crippen LogP contribution in [0.15, 0.2) is 30.6 Å². The summed E-state index contributed by atoms with van der Waals surface area (Å²) in [6, 6.07) is 6.86. The molecule has 195 valence electrons. The standard InChI is InChI=1S/C27H38FN4O3Si/c1-31(2)16-19(28)15-20-7-10-22-23(17-32(26(22)30-20)18-34-13-14-36(4,5)6)25-24(35-21-8-9-21)11-12-29-27(25)33-3/h7,10-12,16-17,19,21H,8-9,13-15,18H2,1-6H3. The predicted octanol–water partition coefficient (Wildman–Crippen LogP) is 5.56. The van der Waals surface area contributed by atoms with Gasteiger partial charge < -0.3 is 23.7 Å². The number of hydrogen-bond acceptors (Lipinski definition) is 6. The molecule has 0 aliphatic heterocycles. The molecule has 1 fully saturated rings. The Hall–Kier alpha value is -2.49. The number of pyridine rings is 2. The molecule has 3 aromatic rings. The van der Waals surface area contributed by atoms with Crippen LogP contribution in [-0.4, -0.2) is 67.6 Å². The zero-order chi connectivity index (χ0) is 25.9. The van der Waals surface area contributed by atoms with Crippen molar-refractivity contribution in [1.82, 2.24) is 19.4 Å². The molecule has 0 N–H and O–H groups in total. The first kappa shape index (κ1) is 26.6. The van der Waals surface area contributed by atoms with E-state index in [0.717, 1.165) is 46.8 Å². The van der Waals surface area contributed by atoms with E-state index in [2.05, 4.69) is 24.6 Å². The molecule has 0 spiro atoms. The van der Waals surface area contributed by atoms with Crippen LogP contribution >= 0.6 is 0 Å². The fourth-order valence-electron chi connectivity index (χ4n) is 4.02. The highest BCUT2D eigenvalue weighted by Gasteiger charge is 2.28. The highest BCUT2D eigenvalue weighted by atomic mass is 28.3. The Labute approximate surface area is 214 Å². The van der Waals surface area contributed by atoms with Crippen LogP contribution in [0.2, 0.25) is 25.7 Å². The van der Waals surface area contributed by atoms with Crippen LogP contribution in [0.3, 0.4) is 0 Å². The van der Waals surface area contributed by atoms with Gasteiger partial charge in [-0.1, -0.05) is 19.6 Å². The zero-order valence-corrected chi connectivity index (χ0v) is 23.3. The maximum Gasteiger partial charge on any atom is 0.224 e. The third-order valence-electron chi connectivity index (χ3n) is 6.03. The molecule has 0 bridgehead atoms. The third kappa shape index (κ3) is 6.83. The topological polar surface area (TPSA) is 61.6 Å². The van der Waals surface area contributed by atoms with E-state index in [1.807, 2.05) is 43.1 Å². The van der Waals surface area contributed by atoms with Crippen molar-refractivity contribution in [1.29, 1.82) is 0 Å². The Morgan fingerprint density at radius 1 is 1.22 bits per heavy atom. The van der Waals surface area contributed by atoms with Crippen molar-refractivity contribution in [2.24, 2.45) is 0 Å². The van der Waals surface area contributed by atoms with Crippen molar-refractivity contribution < 1.29 is 18.6 Å². The summed E-state index contributed by atoms with van der Waals surface area (Å²) in [4.78, 5) is 11.0. The number of fused-ring (bicyclic) bond motifs is 1. The summed E-state index contributed by atoms with van der Waals surface area (Å²) in [6.45, 7) is 9.62. The number of hydrogen-bond donors (Lipinski definition) is 0. The van der Waals surface area contributed by atoms with Gasteiger partial charge in [0, 0.05) is 50.1 Å². The van der Waals surface area contributed by atoms with E-state index in [1.54, 1.807) is 24.8 Å². The van der Waals surface area contributed by atoms with Crippen molar-refractivity contribution in [2.75, 3.05) is 27.8 Å². The quantitative estimate of drug-likeness (QED) is 0.220. The highest BCUT2D eigenvalue weighted by molar-refractivity contribution is 6.76. The molecule has 3 aromatic heterocycles. The molecular weight excluding hydrogens is 475 g/mol. The van der Waals surface area contributed by atoms with E-state index in [1.165, 1.54) is 0 Å². The third-order valence-corrected chi connectivity index (χ3v) is 7.73. The molecule has 0 amide bonds.